The molecule has 1 aromatic rings. The number of azide groups is 1. The van der Waals surface area contributed by atoms with Crippen molar-refractivity contribution in [3.05, 3.63) is 39.0 Å². The highest BCUT2D eigenvalue weighted by atomic mass is 35.5. The van der Waals surface area contributed by atoms with E-state index in [1.807, 2.05) is 0 Å². The topological polar surface area (TPSA) is 61.7 Å². The highest BCUT2D eigenvalue weighted by molar-refractivity contribution is 6.30. The van der Waals surface area contributed by atoms with Crippen molar-refractivity contribution in [1.82, 2.24) is 4.98 Å². The van der Waals surface area contributed by atoms with Crippen molar-refractivity contribution in [2.75, 3.05) is 6.54 Å². The fraction of sp³-hybridized carbons (Fsp3) is 0.300. The van der Waals surface area contributed by atoms with Crippen molar-refractivity contribution < 1.29 is 13.2 Å². The zero-order valence-electron chi connectivity index (χ0n) is 8.87. The van der Waals surface area contributed by atoms with Crippen molar-refractivity contribution in [3.8, 4) is 11.8 Å². The molecule has 0 aliphatic heterocycles. The maximum Gasteiger partial charge on any atom is 0.417 e. The van der Waals surface area contributed by atoms with Crippen LogP contribution < -0.4 is 0 Å². The molecule has 0 spiro atoms. The highest BCUT2D eigenvalue weighted by Gasteiger charge is 2.31. The molecule has 0 saturated carbocycles. The van der Waals surface area contributed by atoms with Crippen LogP contribution >= 0.6 is 11.6 Å². The number of hydrogen-bond acceptors (Lipinski definition) is 2. The first-order chi connectivity index (χ1) is 8.45. The Kier molecular flexibility index (Phi) is 4.84. The predicted molar refractivity (Wildman–Crippen MR) is 59.8 cm³/mol. The molecule has 8 heteroatoms. The number of nitrogens with zero attached hydrogens (tertiary/aromatic N) is 4. The Morgan fingerprint density at radius 2 is 2.22 bits per heavy atom. The summed E-state index contributed by atoms with van der Waals surface area (Å²) < 4.78 is 37.2. The molecule has 0 atom stereocenters. The summed E-state index contributed by atoms with van der Waals surface area (Å²) in [7, 11) is 0. The van der Waals surface area contributed by atoms with Gasteiger partial charge in [0.1, 0.15) is 5.15 Å². The van der Waals surface area contributed by atoms with Gasteiger partial charge in [0.15, 0.2) is 0 Å². The molecule has 0 bridgehead atoms. The Hall–Kier alpha value is -1.90. The number of pyridine rings is 1. The van der Waals surface area contributed by atoms with Crippen LogP contribution in [0, 0.1) is 11.8 Å². The summed E-state index contributed by atoms with van der Waals surface area (Å²) in [6.45, 7) is 0.146. The van der Waals surface area contributed by atoms with Gasteiger partial charge in [0.05, 0.1) is 11.1 Å². The summed E-state index contributed by atoms with van der Waals surface area (Å²) >= 11 is 5.62. The van der Waals surface area contributed by atoms with Crippen LogP contribution in [0.5, 0.6) is 0 Å². The maximum absolute atomic E-state index is 12.4. The van der Waals surface area contributed by atoms with Crippen molar-refractivity contribution in [3.63, 3.8) is 0 Å². The van der Waals surface area contributed by atoms with Gasteiger partial charge in [-0.3, -0.25) is 0 Å². The minimum atomic E-state index is -4.49. The number of aromatic nitrogens is 1. The van der Waals surface area contributed by atoms with Gasteiger partial charge in [0.25, 0.3) is 0 Å². The monoisotopic (exact) mass is 274 g/mol. The van der Waals surface area contributed by atoms with E-state index in [1.165, 1.54) is 0 Å². The molecule has 94 valence electrons. The van der Waals surface area contributed by atoms with Gasteiger partial charge in [-0.2, -0.15) is 13.2 Å². The highest BCUT2D eigenvalue weighted by Crippen LogP contribution is 2.30. The van der Waals surface area contributed by atoms with Crippen LogP contribution in [0.3, 0.4) is 0 Å². The Balaban J connectivity index is 2.91. The Morgan fingerprint density at radius 3 is 2.83 bits per heavy atom. The predicted octanol–water partition coefficient (Wildman–Crippen LogP) is 3.81. The van der Waals surface area contributed by atoms with Crippen LogP contribution in [-0.2, 0) is 6.18 Å². The summed E-state index contributed by atoms with van der Waals surface area (Å²) in [4.78, 5) is 5.94. The third-order valence-corrected chi connectivity index (χ3v) is 2.09. The van der Waals surface area contributed by atoms with Crippen LogP contribution in [-0.4, -0.2) is 11.5 Å². The van der Waals surface area contributed by atoms with E-state index >= 15 is 0 Å². The maximum atomic E-state index is 12.4. The van der Waals surface area contributed by atoms with E-state index in [2.05, 4.69) is 26.9 Å². The van der Waals surface area contributed by atoms with Crippen LogP contribution in [0.25, 0.3) is 10.4 Å². The molecule has 18 heavy (non-hydrogen) atoms. The standard InChI is InChI=1S/C10H6ClF3N4/c11-9-7(3-1-2-4-17-18-15)5-8(6-16-9)10(12,13)14/h5-6H,2,4H2. The number of halogens is 4. The molecule has 0 radical (unpaired) electrons. The molecule has 0 aromatic carbocycles. The number of hydrogen-bond donors (Lipinski definition) is 0. The fourth-order valence-electron chi connectivity index (χ4n) is 0.999. The van der Waals surface area contributed by atoms with E-state index < -0.39 is 11.7 Å². The summed E-state index contributed by atoms with van der Waals surface area (Å²) in [6.07, 6.45) is -3.61. The molecule has 0 saturated heterocycles. The van der Waals surface area contributed by atoms with Crippen LogP contribution in [0.1, 0.15) is 17.5 Å². The van der Waals surface area contributed by atoms with Gasteiger partial charge in [-0.05, 0) is 11.6 Å². The third-order valence-electron chi connectivity index (χ3n) is 1.79. The van der Waals surface area contributed by atoms with Gasteiger partial charge in [0.2, 0.25) is 0 Å². The molecule has 1 rings (SSSR count). The molecule has 0 fully saturated rings. The number of alkyl halides is 3. The van der Waals surface area contributed by atoms with Crippen molar-refractivity contribution in [2.45, 2.75) is 12.6 Å². The van der Waals surface area contributed by atoms with E-state index in [0.717, 1.165) is 6.07 Å². The van der Waals surface area contributed by atoms with E-state index in [4.69, 9.17) is 17.1 Å². The zero-order chi connectivity index (χ0) is 13.6. The van der Waals surface area contributed by atoms with Crippen LogP contribution in [0.15, 0.2) is 17.4 Å². The molecule has 0 unspecified atom stereocenters. The van der Waals surface area contributed by atoms with E-state index in [9.17, 15) is 13.2 Å². The molecule has 0 amide bonds. The lowest BCUT2D eigenvalue weighted by atomic mass is 10.2. The Bertz CT molecular complexity index is 538. The Morgan fingerprint density at radius 1 is 1.50 bits per heavy atom. The van der Waals surface area contributed by atoms with Crippen molar-refractivity contribution in [2.24, 2.45) is 5.11 Å². The first kappa shape index (κ1) is 14.2. The van der Waals surface area contributed by atoms with Gasteiger partial charge in [-0.25, -0.2) is 4.98 Å². The van der Waals surface area contributed by atoms with Crippen LogP contribution in [0.2, 0.25) is 5.15 Å². The zero-order valence-corrected chi connectivity index (χ0v) is 9.63. The summed E-state index contributed by atoms with van der Waals surface area (Å²) in [5.74, 6) is 5.01. The van der Waals surface area contributed by atoms with Crippen molar-refractivity contribution >= 4 is 11.6 Å². The van der Waals surface area contributed by atoms with Gasteiger partial charge < -0.3 is 0 Å². The lowest BCUT2D eigenvalue weighted by molar-refractivity contribution is -0.137. The molecule has 1 heterocycles. The molecular weight excluding hydrogens is 269 g/mol. The SMILES string of the molecule is [N-]=[N+]=NCCC#Cc1cc(C(F)(F)F)cnc1Cl. The normalized spacial score (nSPS) is 10.2. The second-order valence-electron chi connectivity index (χ2n) is 3.07. The molecular formula is C10H6ClF3N4. The molecule has 4 nitrogen and oxygen atoms in total. The van der Waals surface area contributed by atoms with Gasteiger partial charge >= 0.3 is 6.18 Å². The quantitative estimate of drug-likeness (QED) is 0.202. The van der Waals surface area contributed by atoms with E-state index in [1.54, 1.807) is 0 Å². The summed E-state index contributed by atoms with van der Waals surface area (Å²) in [6, 6.07) is 0.829. The second kappa shape index (κ2) is 6.15. The van der Waals surface area contributed by atoms with Crippen molar-refractivity contribution in [1.29, 1.82) is 0 Å². The summed E-state index contributed by atoms with van der Waals surface area (Å²) in [5, 5.41) is 3.13. The van der Waals surface area contributed by atoms with Crippen LogP contribution in [0.4, 0.5) is 13.2 Å². The first-order valence-corrected chi connectivity index (χ1v) is 5.05. The second-order valence-corrected chi connectivity index (χ2v) is 3.42. The fourth-order valence-corrected chi connectivity index (χ4v) is 1.15. The lowest BCUT2D eigenvalue weighted by Crippen LogP contribution is -2.06. The molecule has 0 N–H and O–H groups in total. The Labute approximate surface area is 105 Å². The lowest BCUT2D eigenvalue weighted by Gasteiger charge is -2.06. The van der Waals surface area contributed by atoms with E-state index in [-0.39, 0.29) is 23.7 Å². The van der Waals surface area contributed by atoms with Gasteiger partial charge in [-0.1, -0.05) is 28.6 Å². The molecule has 0 aliphatic carbocycles. The van der Waals surface area contributed by atoms with E-state index in [0.29, 0.717) is 6.20 Å². The van der Waals surface area contributed by atoms with Gasteiger partial charge in [-0.15, -0.1) is 0 Å². The molecule has 1 aromatic heterocycles. The number of rotatable bonds is 2. The summed E-state index contributed by atoms with van der Waals surface area (Å²) in [5.41, 5.74) is 7.09. The average Bonchev–Trinajstić information content (AvgIpc) is 2.29. The molecule has 0 aliphatic rings. The third kappa shape index (κ3) is 4.17. The average molecular weight is 275 g/mol. The largest absolute Gasteiger partial charge is 0.417 e. The minimum absolute atomic E-state index is 0.00701. The van der Waals surface area contributed by atoms with Gasteiger partial charge in [0, 0.05) is 24.1 Å². The first-order valence-electron chi connectivity index (χ1n) is 4.67. The minimum Gasteiger partial charge on any atom is -0.243 e. The smallest absolute Gasteiger partial charge is 0.243 e.